The Balaban J connectivity index is 1.91. The number of benzene rings is 2. The molecular weight excluding hydrogens is 335 g/mol. The van der Waals surface area contributed by atoms with Gasteiger partial charge in [0.1, 0.15) is 16.5 Å². The Labute approximate surface area is 150 Å². The maximum Gasteiger partial charge on any atom is 0.277 e. The molecule has 1 amide bonds. The highest BCUT2D eigenvalue weighted by atomic mass is 32.1. The molecule has 0 saturated heterocycles. The highest BCUT2D eigenvalue weighted by Gasteiger charge is 2.21. The second kappa shape index (κ2) is 7.15. The zero-order chi connectivity index (χ0) is 18.0. The van der Waals surface area contributed by atoms with Crippen molar-refractivity contribution >= 4 is 22.9 Å². The van der Waals surface area contributed by atoms with Crippen LogP contribution in [0.25, 0.3) is 10.6 Å². The lowest BCUT2D eigenvalue weighted by molar-refractivity contribution is 0.0984. The Morgan fingerprint density at radius 2 is 1.88 bits per heavy atom. The quantitative estimate of drug-likeness (QED) is 0.642. The first kappa shape index (κ1) is 17.3. The minimum absolute atomic E-state index is 0.124. The summed E-state index contributed by atoms with van der Waals surface area (Å²) in [6.45, 7) is 6.52. The van der Waals surface area contributed by atoms with E-state index in [1.54, 1.807) is 22.4 Å². The number of aryl methyl sites for hydroxylation is 2. The first-order valence-electron chi connectivity index (χ1n) is 8.10. The number of carbonyl (C=O) groups excluding carboxylic acids is 1. The molecule has 0 radical (unpaired) electrons. The lowest BCUT2D eigenvalue weighted by atomic mass is 10.1. The van der Waals surface area contributed by atoms with Crippen molar-refractivity contribution in [1.29, 1.82) is 0 Å². The molecule has 5 heteroatoms. The van der Waals surface area contributed by atoms with E-state index in [9.17, 15) is 9.18 Å². The van der Waals surface area contributed by atoms with Gasteiger partial charge in [-0.3, -0.25) is 4.79 Å². The Kier molecular flexibility index (Phi) is 4.95. The van der Waals surface area contributed by atoms with E-state index in [1.807, 2.05) is 39.0 Å². The molecule has 25 heavy (non-hydrogen) atoms. The molecule has 0 saturated carbocycles. The number of aromatic nitrogens is 1. The fourth-order valence-corrected chi connectivity index (χ4v) is 3.47. The monoisotopic (exact) mass is 354 g/mol. The third kappa shape index (κ3) is 3.61. The predicted molar refractivity (Wildman–Crippen MR) is 101 cm³/mol. The number of anilines is 1. The molecule has 0 spiro atoms. The Hall–Kier alpha value is -2.53. The van der Waals surface area contributed by atoms with Gasteiger partial charge >= 0.3 is 0 Å². The summed E-state index contributed by atoms with van der Waals surface area (Å²) < 4.78 is 13.1. The van der Waals surface area contributed by atoms with Gasteiger partial charge in [0.25, 0.3) is 5.91 Å². The first-order valence-corrected chi connectivity index (χ1v) is 8.98. The van der Waals surface area contributed by atoms with E-state index in [2.05, 4.69) is 4.98 Å². The Morgan fingerprint density at radius 1 is 1.16 bits per heavy atom. The molecule has 128 valence electrons. The summed E-state index contributed by atoms with van der Waals surface area (Å²) in [7, 11) is 0. The summed E-state index contributed by atoms with van der Waals surface area (Å²) in [5.41, 5.74) is 4.28. The maximum absolute atomic E-state index is 13.1. The number of amides is 1. The standard InChI is InChI=1S/C20H19FN2OS/c1-4-23(18-11-13(2)5-6-14(18)3)20(24)17-12-25-19(22-17)15-7-9-16(21)10-8-15/h5-12H,4H2,1-3H3. The molecule has 0 bridgehead atoms. The van der Waals surface area contributed by atoms with Crippen LogP contribution in [-0.4, -0.2) is 17.4 Å². The van der Waals surface area contributed by atoms with Crippen LogP contribution in [0.2, 0.25) is 0 Å². The highest BCUT2D eigenvalue weighted by Crippen LogP contribution is 2.27. The molecule has 0 aliphatic rings. The molecule has 0 atom stereocenters. The summed E-state index contributed by atoms with van der Waals surface area (Å²) in [4.78, 5) is 19.2. The summed E-state index contributed by atoms with van der Waals surface area (Å²) in [5.74, 6) is -0.413. The zero-order valence-corrected chi connectivity index (χ0v) is 15.2. The average molecular weight is 354 g/mol. The second-order valence-corrected chi connectivity index (χ2v) is 6.74. The van der Waals surface area contributed by atoms with Gasteiger partial charge < -0.3 is 4.90 Å². The number of nitrogens with zero attached hydrogens (tertiary/aromatic N) is 2. The van der Waals surface area contributed by atoms with Crippen LogP contribution < -0.4 is 4.90 Å². The van der Waals surface area contributed by atoms with E-state index in [0.717, 1.165) is 22.4 Å². The van der Waals surface area contributed by atoms with Gasteiger partial charge in [-0.15, -0.1) is 11.3 Å². The SMILES string of the molecule is CCN(C(=O)c1csc(-c2ccc(F)cc2)n1)c1cc(C)ccc1C. The van der Waals surface area contributed by atoms with Crippen LogP contribution in [0.15, 0.2) is 47.8 Å². The molecular formula is C20H19FN2OS. The van der Waals surface area contributed by atoms with Gasteiger partial charge in [-0.1, -0.05) is 12.1 Å². The lowest BCUT2D eigenvalue weighted by Gasteiger charge is -2.22. The van der Waals surface area contributed by atoms with Crippen LogP contribution in [0, 0.1) is 19.7 Å². The molecule has 2 aromatic carbocycles. The molecule has 1 heterocycles. The van der Waals surface area contributed by atoms with Crippen LogP contribution in [0.5, 0.6) is 0 Å². The van der Waals surface area contributed by atoms with E-state index in [-0.39, 0.29) is 11.7 Å². The van der Waals surface area contributed by atoms with E-state index < -0.39 is 0 Å². The fourth-order valence-electron chi connectivity index (χ4n) is 2.67. The second-order valence-electron chi connectivity index (χ2n) is 5.88. The van der Waals surface area contributed by atoms with E-state index in [4.69, 9.17) is 0 Å². The lowest BCUT2D eigenvalue weighted by Crippen LogP contribution is -2.31. The van der Waals surface area contributed by atoms with Crippen LogP contribution >= 0.6 is 11.3 Å². The smallest absolute Gasteiger partial charge is 0.277 e. The van der Waals surface area contributed by atoms with E-state index in [0.29, 0.717) is 17.2 Å². The van der Waals surface area contributed by atoms with Gasteiger partial charge in [0, 0.05) is 23.2 Å². The number of hydrogen-bond acceptors (Lipinski definition) is 3. The fraction of sp³-hybridized carbons (Fsp3) is 0.200. The number of hydrogen-bond donors (Lipinski definition) is 0. The molecule has 3 nitrogen and oxygen atoms in total. The van der Waals surface area contributed by atoms with Crippen LogP contribution in [0.3, 0.4) is 0 Å². The molecule has 0 unspecified atom stereocenters. The summed E-state index contributed by atoms with van der Waals surface area (Å²) in [5, 5.41) is 2.47. The van der Waals surface area contributed by atoms with Crippen LogP contribution in [0.1, 0.15) is 28.5 Å². The van der Waals surface area contributed by atoms with Crippen LogP contribution in [0.4, 0.5) is 10.1 Å². The highest BCUT2D eigenvalue weighted by molar-refractivity contribution is 7.13. The molecule has 1 aromatic heterocycles. The van der Waals surface area contributed by atoms with Crippen molar-refractivity contribution in [3.05, 3.63) is 70.5 Å². The van der Waals surface area contributed by atoms with Crippen molar-refractivity contribution in [2.45, 2.75) is 20.8 Å². The molecule has 0 aliphatic heterocycles. The van der Waals surface area contributed by atoms with Crippen molar-refractivity contribution in [3.63, 3.8) is 0 Å². The minimum Gasteiger partial charge on any atom is -0.307 e. The van der Waals surface area contributed by atoms with Crippen molar-refractivity contribution in [2.75, 3.05) is 11.4 Å². The zero-order valence-electron chi connectivity index (χ0n) is 14.4. The summed E-state index contributed by atoms with van der Waals surface area (Å²) in [6, 6.07) is 12.2. The average Bonchev–Trinajstić information content (AvgIpc) is 3.09. The van der Waals surface area contributed by atoms with Crippen LogP contribution in [-0.2, 0) is 0 Å². The molecule has 3 aromatic rings. The third-order valence-corrected chi connectivity index (χ3v) is 4.92. The third-order valence-electron chi connectivity index (χ3n) is 4.03. The van der Waals surface area contributed by atoms with Gasteiger partial charge in [-0.2, -0.15) is 0 Å². The molecule has 0 fully saturated rings. The number of thiazole rings is 1. The maximum atomic E-state index is 13.1. The minimum atomic E-state index is -0.288. The number of halogens is 1. The van der Waals surface area contributed by atoms with E-state index >= 15 is 0 Å². The number of carbonyl (C=O) groups is 1. The Morgan fingerprint density at radius 3 is 2.56 bits per heavy atom. The molecule has 0 N–H and O–H groups in total. The van der Waals surface area contributed by atoms with Crippen molar-refractivity contribution in [3.8, 4) is 10.6 Å². The van der Waals surface area contributed by atoms with Crippen molar-refractivity contribution < 1.29 is 9.18 Å². The normalized spacial score (nSPS) is 10.7. The molecule has 3 rings (SSSR count). The first-order chi connectivity index (χ1) is 12.0. The largest absolute Gasteiger partial charge is 0.307 e. The van der Waals surface area contributed by atoms with Crippen molar-refractivity contribution in [2.24, 2.45) is 0 Å². The van der Waals surface area contributed by atoms with Gasteiger partial charge in [0.15, 0.2) is 0 Å². The topological polar surface area (TPSA) is 33.2 Å². The van der Waals surface area contributed by atoms with Gasteiger partial charge in [-0.25, -0.2) is 9.37 Å². The van der Waals surface area contributed by atoms with Gasteiger partial charge in [0.2, 0.25) is 0 Å². The van der Waals surface area contributed by atoms with Gasteiger partial charge in [-0.05, 0) is 62.2 Å². The van der Waals surface area contributed by atoms with Gasteiger partial charge in [0.05, 0.1) is 0 Å². The summed E-state index contributed by atoms with van der Waals surface area (Å²) >= 11 is 1.39. The number of rotatable bonds is 4. The molecule has 0 aliphatic carbocycles. The Bertz CT molecular complexity index is 902. The van der Waals surface area contributed by atoms with E-state index in [1.165, 1.54) is 23.5 Å². The predicted octanol–water partition coefficient (Wildman–Crippen LogP) is 5.23. The van der Waals surface area contributed by atoms with Crippen molar-refractivity contribution in [1.82, 2.24) is 4.98 Å². The summed E-state index contributed by atoms with van der Waals surface area (Å²) in [6.07, 6.45) is 0.